The predicted molar refractivity (Wildman–Crippen MR) is 111 cm³/mol. The van der Waals surface area contributed by atoms with Gasteiger partial charge >= 0.3 is 5.97 Å². The number of carbonyl (C=O) groups excluding carboxylic acids is 2. The molecule has 0 saturated carbocycles. The van der Waals surface area contributed by atoms with E-state index in [9.17, 15) is 9.59 Å². The molecule has 0 aliphatic heterocycles. The summed E-state index contributed by atoms with van der Waals surface area (Å²) >= 11 is 3.41. The van der Waals surface area contributed by atoms with E-state index in [1.807, 2.05) is 25.1 Å². The molecule has 0 radical (unpaired) electrons. The van der Waals surface area contributed by atoms with Gasteiger partial charge in [-0.3, -0.25) is 4.79 Å². The summed E-state index contributed by atoms with van der Waals surface area (Å²) in [5.74, 6) is -0.589. The number of nitrogens with zero attached hydrogens (tertiary/aromatic N) is 2. The maximum Gasteiger partial charge on any atom is 0.341 e. The Morgan fingerprint density at radius 2 is 1.86 bits per heavy atom. The number of halogens is 1. The van der Waals surface area contributed by atoms with Crippen LogP contribution in [0, 0.1) is 13.8 Å². The lowest BCUT2D eigenvalue weighted by Crippen LogP contribution is -2.13. The molecule has 0 saturated heterocycles. The van der Waals surface area contributed by atoms with Crippen LogP contribution in [0.3, 0.4) is 0 Å². The summed E-state index contributed by atoms with van der Waals surface area (Å²) in [5, 5.41) is 7.18. The van der Waals surface area contributed by atoms with Crippen LogP contribution in [-0.4, -0.2) is 28.3 Å². The topological polar surface area (TPSA) is 73.2 Å². The number of ether oxygens (including phenoxy) is 1. The number of amides is 1. The molecule has 0 aliphatic carbocycles. The van der Waals surface area contributed by atoms with Crippen LogP contribution in [0.2, 0.25) is 0 Å². The Labute approximate surface area is 171 Å². The average Bonchev–Trinajstić information content (AvgIpc) is 3.06. The zero-order chi connectivity index (χ0) is 20.3. The van der Waals surface area contributed by atoms with Gasteiger partial charge in [0.15, 0.2) is 0 Å². The highest BCUT2D eigenvalue weighted by Crippen LogP contribution is 2.21. The molecule has 0 fully saturated rings. The van der Waals surface area contributed by atoms with Crippen molar-refractivity contribution in [2.75, 3.05) is 11.9 Å². The zero-order valence-electron chi connectivity index (χ0n) is 15.8. The first-order valence-electron chi connectivity index (χ1n) is 8.80. The van der Waals surface area contributed by atoms with Gasteiger partial charge in [-0.1, -0.05) is 15.9 Å². The van der Waals surface area contributed by atoms with E-state index in [0.717, 1.165) is 21.4 Å². The molecule has 1 N–H and O–H groups in total. The fourth-order valence-electron chi connectivity index (χ4n) is 2.79. The second-order valence-electron chi connectivity index (χ2n) is 6.24. The Balaban J connectivity index is 1.78. The molecule has 144 valence electrons. The molecule has 0 atom stereocenters. The van der Waals surface area contributed by atoms with Crippen LogP contribution in [0.5, 0.6) is 0 Å². The van der Waals surface area contributed by atoms with Gasteiger partial charge < -0.3 is 10.1 Å². The summed E-state index contributed by atoms with van der Waals surface area (Å²) in [6, 6.07) is 12.7. The van der Waals surface area contributed by atoms with Crippen molar-refractivity contribution in [1.29, 1.82) is 0 Å². The monoisotopic (exact) mass is 441 g/mol. The molecular formula is C21H20BrN3O3. The molecule has 3 aromatic rings. The average molecular weight is 442 g/mol. The normalized spacial score (nSPS) is 10.6. The Morgan fingerprint density at radius 3 is 2.50 bits per heavy atom. The summed E-state index contributed by atoms with van der Waals surface area (Å²) in [6.45, 7) is 5.81. The summed E-state index contributed by atoms with van der Waals surface area (Å²) < 4.78 is 7.64. The molecule has 3 rings (SSSR count). The van der Waals surface area contributed by atoms with Gasteiger partial charge in [0.1, 0.15) is 5.56 Å². The van der Waals surface area contributed by atoms with Crippen molar-refractivity contribution in [1.82, 2.24) is 9.78 Å². The third-order valence-electron chi connectivity index (χ3n) is 4.32. The van der Waals surface area contributed by atoms with Crippen LogP contribution in [0.25, 0.3) is 5.69 Å². The second-order valence-corrected chi connectivity index (χ2v) is 7.15. The van der Waals surface area contributed by atoms with Gasteiger partial charge in [0.05, 0.1) is 24.2 Å². The molecule has 1 heterocycles. The molecule has 0 unspecified atom stereocenters. The third-order valence-corrected chi connectivity index (χ3v) is 4.81. The maximum absolute atomic E-state index is 12.5. The molecule has 0 bridgehead atoms. The van der Waals surface area contributed by atoms with E-state index in [4.69, 9.17) is 4.74 Å². The Hall–Kier alpha value is -2.93. The highest BCUT2D eigenvalue weighted by Gasteiger charge is 2.16. The molecule has 6 nitrogen and oxygen atoms in total. The van der Waals surface area contributed by atoms with Crippen LogP contribution in [0.1, 0.15) is 38.9 Å². The minimum atomic E-state index is -0.396. The van der Waals surface area contributed by atoms with Crippen molar-refractivity contribution >= 4 is 33.5 Å². The van der Waals surface area contributed by atoms with Gasteiger partial charge in [-0.25, -0.2) is 9.48 Å². The molecule has 7 heteroatoms. The minimum absolute atomic E-state index is 0.193. The van der Waals surface area contributed by atoms with Gasteiger partial charge in [-0.15, -0.1) is 0 Å². The number of carbonyl (C=O) groups is 2. The number of hydrogen-bond donors (Lipinski definition) is 1. The van der Waals surface area contributed by atoms with Crippen molar-refractivity contribution in [3.63, 3.8) is 0 Å². The number of esters is 1. The highest BCUT2D eigenvalue weighted by molar-refractivity contribution is 9.10. The Kier molecular flexibility index (Phi) is 5.94. The standard InChI is InChI=1S/C21H20BrN3O3/c1-4-28-21(27)18-12-23-25(14(18)3)17-8-5-15(6-9-17)20(26)24-19-10-7-16(22)11-13(19)2/h5-12H,4H2,1-3H3,(H,24,26). The van der Waals surface area contributed by atoms with Gasteiger partial charge in [0.2, 0.25) is 0 Å². The molecular weight excluding hydrogens is 422 g/mol. The first kappa shape index (κ1) is 19.8. The number of aryl methyl sites for hydroxylation is 1. The lowest BCUT2D eigenvalue weighted by Gasteiger charge is -2.10. The van der Waals surface area contributed by atoms with E-state index in [2.05, 4.69) is 26.3 Å². The number of hydrogen-bond acceptors (Lipinski definition) is 4. The van der Waals surface area contributed by atoms with Crippen LogP contribution in [0.4, 0.5) is 5.69 Å². The number of anilines is 1. The Morgan fingerprint density at radius 1 is 1.14 bits per heavy atom. The van der Waals surface area contributed by atoms with Gasteiger partial charge in [0, 0.05) is 15.7 Å². The van der Waals surface area contributed by atoms with Crippen LogP contribution in [0.15, 0.2) is 53.1 Å². The third kappa shape index (κ3) is 4.14. The number of nitrogens with one attached hydrogen (secondary N) is 1. The SMILES string of the molecule is CCOC(=O)c1cnn(-c2ccc(C(=O)Nc3ccc(Br)cc3C)cc2)c1C. The summed E-state index contributed by atoms with van der Waals surface area (Å²) in [7, 11) is 0. The molecule has 1 aromatic heterocycles. The number of rotatable bonds is 5. The van der Waals surface area contributed by atoms with Gasteiger partial charge in [-0.2, -0.15) is 5.10 Å². The van der Waals surface area contributed by atoms with Crippen LogP contribution in [-0.2, 0) is 4.74 Å². The van der Waals surface area contributed by atoms with Crippen molar-refractivity contribution in [2.24, 2.45) is 0 Å². The lowest BCUT2D eigenvalue weighted by molar-refractivity contribution is 0.0525. The largest absolute Gasteiger partial charge is 0.462 e. The molecule has 2 aromatic carbocycles. The second kappa shape index (κ2) is 8.39. The summed E-state index contributed by atoms with van der Waals surface area (Å²) in [6.07, 6.45) is 1.49. The predicted octanol–water partition coefficient (Wildman–Crippen LogP) is 4.68. The van der Waals surface area contributed by atoms with Crippen LogP contribution >= 0.6 is 15.9 Å². The smallest absolute Gasteiger partial charge is 0.341 e. The fraction of sp³-hybridized carbons (Fsp3) is 0.190. The maximum atomic E-state index is 12.5. The number of benzene rings is 2. The summed E-state index contributed by atoms with van der Waals surface area (Å²) in [5.41, 5.74) is 4.12. The van der Waals surface area contributed by atoms with Crippen LogP contribution < -0.4 is 5.32 Å². The van der Waals surface area contributed by atoms with Crippen molar-refractivity contribution in [3.05, 3.63) is 75.5 Å². The first-order chi connectivity index (χ1) is 13.4. The van der Waals surface area contributed by atoms with Crippen molar-refractivity contribution < 1.29 is 14.3 Å². The van der Waals surface area contributed by atoms with Crippen molar-refractivity contribution in [3.8, 4) is 5.69 Å². The zero-order valence-corrected chi connectivity index (χ0v) is 17.4. The lowest BCUT2D eigenvalue weighted by atomic mass is 10.1. The quantitative estimate of drug-likeness (QED) is 0.583. The first-order valence-corrected chi connectivity index (χ1v) is 9.59. The van der Waals surface area contributed by atoms with E-state index in [-0.39, 0.29) is 5.91 Å². The van der Waals surface area contributed by atoms with Crippen molar-refractivity contribution in [2.45, 2.75) is 20.8 Å². The minimum Gasteiger partial charge on any atom is -0.462 e. The van der Waals surface area contributed by atoms with E-state index in [0.29, 0.717) is 23.4 Å². The van der Waals surface area contributed by atoms with Gasteiger partial charge in [-0.05, 0) is 68.8 Å². The molecule has 1 amide bonds. The Bertz CT molecular complexity index is 1030. The van der Waals surface area contributed by atoms with E-state index in [1.165, 1.54) is 6.20 Å². The van der Waals surface area contributed by atoms with E-state index >= 15 is 0 Å². The summed E-state index contributed by atoms with van der Waals surface area (Å²) in [4.78, 5) is 24.5. The highest BCUT2D eigenvalue weighted by atomic mass is 79.9. The fourth-order valence-corrected chi connectivity index (χ4v) is 3.27. The van der Waals surface area contributed by atoms with Gasteiger partial charge in [0.25, 0.3) is 5.91 Å². The van der Waals surface area contributed by atoms with E-state index < -0.39 is 5.97 Å². The molecule has 0 spiro atoms. The molecule has 0 aliphatic rings. The molecule has 28 heavy (non-hydrogen) atoms. The van der Waals surface area contributed by atoms with E-state index in [1.54, 1.807) is 42.8 Å². The number of aromatic nitrogens is 2.